The van der Waals surface area contributed by atoms with Crippen molar-refractivity contribution in [2.45, 2.75) is 31.3 Å². The summed E-state index contributed by atoms with van der Waals surface area (Å²) >= 11 is 0. The number of amides is 2. The van der Waals surface area contributed by atoms with Crippen LogP contribution >= 0.6 is 0 Å². The third-order valence-corrected chi connectivity index (χ3v) is 4.12. The van der Waals surface area contributed by atoms with Crippen molar-refractivity contribution in [1.29, 1.82) is 0 Å². The number of rotatable bonds is 7. The van der Waals surface area contributed by atoms with Gasteiger partial charge in [-0.15, -0.1) is 0 Å². The molecule has 23 heavy (non-hydrogen) atoms. The van der Waals surface area contributed by atoms with Gasteiger partial charge in [0.05, 0.1) is 18.2 Å². The van der Waals surface area contributed by atoms with Crippen LogP contribution in [0.3, 0.4) is 0 Å². The molecule has 1 atom stereocenters. The molecule has 1 aliphatic carbocycles. The van der Waals surface area contributed by atoms with Crippen molar-refractivity contribution in [3.8, 4) is 0 Å². The smallest absolute Gasteiger partial charge is 0.252 e. The maximum absolute atomic E-state index is 11.9. The largest absolute Gasteiger partial charge is 0.383 e. The van der Waals surface area contributed by atoms with Gasteiger partial charge < -0.3 is 20.3 Å². The summed E-state index contributed by atoms with van der Waals surface area (Å²) in [4.78, 5) is 30.0. The van der Waals surface area contributed by atoms with Crippen molar-refractivity contribution in [3.63, 3.8) is 0 Å². The van der Waals surface area contributed by atoms with Gasteiger partial charge in [-0.2, -0.15) is 0 Å². The molecule has 7 heteroatoms. The zero-order chi connectivity index (χ0) is 16.2. The molecule has 2 amide bonds. The fourth-order valence-electron chi connectivity index (χ4n) is 2.76. The lowest BCUT2D eigenvalue weighted by atomic mass is 10.2. The first-order valence-corrected chi connectivity index (χ1v) is 7.96. The number of hydrogen-bond donors (Lipinski definition) is 2. The summed E-state index contributed by atoms with van der Waals surface area (Å²) in [5.41, 5.74) is 0.508. The van der Waals surface area contributed by atoms with Crippen molar-refractivity contribution in [3.05, 3.63) is 23.9 Å². The van der Waals surface area contributed by atoms with Crippen LogP contribution in [0.1, 0.15) is 29.6 Å². The van der Waals surface area contributed by atoms with E-state index in [1.165, 1.54) is 0 Å². The minimum Gasteiger partial charge on any atom is -0.383 e. The van der Waals surface area contributed by atoms with Gasteiger partial charge in [0.15, 0.2) is 0 Å². The lowest BCUT2D eigenvalue weighted by molar-refractivity contribution is -0.128. The minimum absolute atomic E-state index is 0.0944. The number of ether oxygens (including phenoxy) is 1. The maximum atomic E-state index is 11.9. The highest BCUT2D eigenvalue weighted by molar-refractivity contribution is 5.94. The number of hydrogen-bond acceptors (Lipinski definition) is 5. The van der Waals surface area contributed by atoms with Crippen LogP contribution in [0.2, 0.25) is 0 Å². The quantitative estimate of drug-likeness (QED) is 0.721. The van der Waals surface area contributed by atoms with E-state index in [9.17, 15) is 9.59 Å². The molecule has 1 saturated heterocycles. The number of likely N-dealkylation sites (tertiary alicyclic amines) is 1. The Morgan fingerprint density at radius 3 is 2.91 bits per heavy atom. The summed E-state index contributed by atoms with van der Waals surface area (Å²) in [6.45, 7) is 1.69. The number of pyridine rings is 1. The highest BCUT2D eigenvalue weighted by Gasteiger charge is 2.39. The molecule has 0 aromatic carbocycles. The zero-order valence-corrected chi connectivity index (χ0v) is 13.2. The molecule has 0 radical (unpaired) electrons. The Kier molecular flexibility index (Phi) is 4.76. The lowest BCUT2D eigenvalue weighted by Gasteiger charge is -2.16. The van der Waals surface area contributed by atoms with Gasteiger partial charge in [0, 0.05) is 38.9 Å². The second kappa shape index (κ2) is 6.95. The number of anilines is 1. The van der Waals surface area contributed by atoms with Gasteiger partial charge >= 0.3 is 0 Å². The lowest BCUT2D eigenvalue weighted by Crippen LogP contribution is -2.30. The molecule has 7 nitrogen and oxygen atoms in total. The predicted octanol–water partition coefficient (Wildman–Crippen LogP) is 0.633. The van der Waals surface area contributed by atoms with Gasteiger partial charge in [-0.1, -0.05) is 0 Å². The molecular weight excluding hydrogens is 296 g/mol. The third kappa shape index (κ3) is 3.98. The zero-order valence-electron chi connectivity index (χ0n) is 13.2. The normalized spacial score (nSPS) is 20.7. The van der Waals surface area contributed by atoms with Gasteiger partial charge in [0.1, 0.15) is 5.82 Å². The van der Waals surface area contributed by atoms with Crippen LogP contribution in [-0.2, 0) is 9.53 Å². The molecule has 124 valence electrons. The Balaban J connectivity index is 1.51. The van der Waals surface area contributed by atoms with E-state index in [1.54, 1.807) is 25.4 Å². The van der Waals surface area contributed by atoms with Crippen LogP contribution in [0, 0.1) is 0 Å². The summed E-state index contributed by atoms with van der Waals surface area (Å²) in [6, 6.07) is 4.06. The number of nitrogens with one attached hydrogen (secondary N) is 2. The standard InChI is InChI=1S/C16H22N4O3/c1-23-7-6-17-16(22)11-2-5-14(18-9-11)19-12-8-15(21)20(10-12)13-3-4-13/h2,5,9,12-13H,3-4,6-8,10H2,1H3,(H,17,22)(H,18,19). The van der Waals surface area contributed by atoms with E-state index in [-0.39, 0.29) is 17.9 Å². The summed E-state index contributed by atoms with van der Waals surface area (Å²) in [5.74, 6) is 0.741. The highest BCUT2D eigenvalue weighted by Crippen LogP contribution is 2.31. The maximum Gasteiger partial charge on any atom is 0.252 e. The first-order valence-electron chi connectivity index (χ1n) is 7.96. The van der Waals surface area contributed by atoms with Gasteiger partial charge in [-0.25, -0.2) is 4.98 Å². The first-order chi connectivity index (χ1) is 11.2. The minimum atomic E-state index is -0.169. The number of aromatic nitrogens is 1. The van der Waals surface area contributed by atoms with Gasteiger partial charge in [0.25, 0.3) is 5.91 Å². The Hall–Kier alpha value is -2.15. The average Bonchev–Trinajstić information content (AvgIpc) is 3.32. The van der Waals surface area contributed by atoms with E-state index in [4.69, 9.17) is 4.74 Å². The molecule has 2 heterocycles. The SMILES string of the molecule is COCCNC(=O)c1ccc(NC2CC(=O)N(C3CC3)C2)nc1. The second-order valence-electron chi connectivity index (χ2n) is 6.00. The van der Waals surface area contributed by atoms with Crippen LogP contribution in [0.15, 0.2) is 18.3 Å². The Morgan fingerprint density at radius 1 is 1.43 bits per heavy atom. The van der Waals surface area contributed by atoms with Crippen molar-refractivity contribution in [2.24, 2.45) is 0 Å². The highest BCUT2D eigenvalue weighted by atomic mass is 16.5. The second-order valence-corrected chi connectivity index (χ2v) is 6.00. The average molecular weight is 318 g/mol. The summed E-state index contributed by atoms with van der Waals surface area (Å²) < 4.78 is 4.89. The molecule has 1 aliphatic heterocycles. The summed E-state index contributed by atoms with van der Waals surface area (Å²) in [5, 5.41) is 6.02. The summed E-state index contributed by atoms with van der Waals surface area (Å²) in [6.07, 6.45) is 4.31. The molecule has 1 aromatic heterocycles. The Bertz CT molecular complexity index is 571. The van der Waals surface area contributed by atoms with E-state index in [0.29, 0.717) is 37.0 Å². The van der Waals surface area contributed by atoms with Crippen LogP contribution in [0.25, 0.3) is 0 Å². The molecule has 3 rings (SSSR count). The molecular formula is C16H22N4O3. The fraction of sp³-hybridized carbons (Fsp3) is 0.562. The van der Waals surface area contributed by atoms with E-state index >= 15 is 0 Å². The van der Waals surface area contributed by atoms with Crippen molar-refractivity contribution in [2.75, 3.05) is 32.1 Å². The predicted molar refractivity (Wildman–Crippen MR) is 85.2 cm³/mol. The molecule has 1 aromatic rings. The molecule has 0 bridgehead atoms. The first kappa shape index (κ1) is 15.7. The Morgan fingerprint density at radius 2 is 2.26 bits per heavy atom. The van der Waals surface area contributed by atoms with Gasteiger partial charge in [-0.05, 0) is 25.0 Å². The fourth-order valence-corrected chi connectivity index (χ4v) is 2.76. The van der Waals surface area contributed by atoms with E-state index in [0.717, 1.165) is 19.4 Å². The van der Waals surface area contributed by atoms with Crippen LogP contribution in [-0.4, -0.2) is 60.6 Å². The molecule has 2 fully saturated rings. The third-order valence-electron chi connectivity index (χ3n) is 4.12. The van der Waals surface area contributed by atoms with E-state index in [2.05, 4.69) is 15.6 Å². The van der Waals surface area contributed by atoms with E-state index in [1.807, 2.05) is 4.90 Å². The van der Waals surface area contributed by atoms with Crippen molar-refractivity contribution >= 4 is 17.6 Å². The number of methoxy groups -OCH3 is 1. The monoisotopic (exact) mass is 318 g/mol. The topological polar surface area (TPSA) is 83.6 Å². The van der Waals surface area contributed by atoms with Crippen molar-refractivity contribution < 1.29 is 14.3 Å². The summed E-state index contributed by atoms with van der Waals surface area (Å²) in [7, 11) is 1.59. The molecule has 1 unspecified atom stereocenters. The van der Waals surface area contributed by atoms with Crippen molar-refractivity contribution in [1.82, 2.24) is 15.2 Å². The van der Waals surface area contributed by atoms with Crippen LogP contribution < -0.4 is 10.6 Å². The molecule has 2 N–H and O–H groups in total. The van der Waals surface area contributed by atoms with Gasteiger partial charge in [-0.3, -0.25) is 9.59 Å². The number of carbonyl (C=O) groups is 2. The van der Waals surface area contributed by atoms with Gasteiger partial charge in [0.2, 0.25) is 5.91 Å². The Labute approximate surface area is 135 Å². The van der Waals surface area contributed by atoms with Crippen LogP contribution in [0.5, 0.6) is 0 Å². The molecule has 1 saturated carbocycles. The molecule has 0 spiro atoms. The van der Waals surface area contributed by atoms with E-state index < -0.39 is 0 Å². The van der Waals surface area contributed by atoms with Crippen LogP contribution in [0.4, 0.5) is 5.82 Å². The number of nitrogens with zero attached hydrogens (tertiary/aromatic N) is 2. The molecule has 2 aliphatic rings. The number of carbonyl (C=O) groups excluding carboxylic acids is 2.